The summed E-state index contributed by atoms with van der Waals surface area (Å²) in [6.07, 6.45) is 4.41. The van der Waals surface area contributed by atoms with Crippen molar-refractivity contribution in [3.63, 3.8) is 0 Å². The third kappa shape index (κ3) is 3.26. The molecule has 0 aliphatic rings. The van der Waals surface area contributed by atoms with Crippen LogP contribution >= 0.6 is 0 Å². The SMILES string of the molecule is CCOC(=O)c1c[nH]c2ccnn2c1=O.Nc1ccn[nH]1. The van der Waals surface area contributed by atoms with Crippen molar-refractivity contribution in [2.24, 2.45) is 0 Å². The van der Waals surface area contributed by atoms with Crippen molar-refractivity contribution < 1.29 is 9.53 Å². The van der Waals surface area contributed by atoms with Crippen LogP contribution in [0.1, 0.15) is 17.3 Å². The lowest BCUT2D eigenvalue weighted by Crippen LogP contribution is -2.24. The summed E-state index contributed by atoms with van der Waals surface area (Å²) in [6, 6.07) is 3.33. The highest BCUT2D eigenvalue weighted by atomic mass is 16.5. The van der Waals surface area contributed by atoms with Gasteiger partial charge in [0.1, 0.15) is 17.0 Å². The number of hydrogen-bond donors (Lipinski definition) is 3. The average molecular weight is 290 g/mol. The van der Waals surface area contributed by atoms with Gasteiger partial charge in [0, 0.05) is 12.3 Å². The van der Waals surface area contributed by atoms with Gasteiger partial charge in [-0.1, -0.05) is 0 Å². The predicted octanol–water partition coefficient (Wildman–Crippen LogP) is 0.191. The standard InChI is InChI=1S/C9H9N3O3.C3H5N3/c1-2-15-9(14)6-5-10-7-3-4-11-12(7)8(6)13;4-3-1-2-5-6-3/h3-5,10H,2H2,1H3;1-2H,(H3,4,5,6). The number of anilines is 1. The molecular weight excluding hydrogens is 276 g/mol. The van der Waals surface area contributed by atoms with Gasteiger partial charge < -0.3 is 15.5 Å². The first-order valence-corrected chi connectivity index (χ1v) is 6.11. The summed E-state index contributed by atoms with van der Waals surface area (Å²) in [6.45, 7) is 1.91. The molecule has 0 radical (unpaired) electrons. The monoisotopic (exact) mass is 290 g/mol. The number of nitrogens with two attached hydrogens (primary N) is 1. The maximum Gasteiger partial charge on any atom is 0.345 e. The number of fused-ring (bicyclic) bond motifs is 1. The van der Waals surface area contributed by atoms with E-state index in [0.29, 0.717) is 11.5 Å². The number of rotatable bonds is 2. The molecule has 3 rings (SSSR count). The molecular formula is C12H14N6O3. The molecule has 0 atom stereocenters. The third-order valence-electron chi connectivity index (χ3n) is 2.45. The molecule has 0 saturated heterocycles. The van der Waals surface area contributed by atoms with E-state index in [1.807, 2.05) is 0 Å². The molecule has 0 saturated carbocycles. The highest BCUT2D eigenvalue weighted by Gasteiger charge is 2.13. The maximum absolute atomic E-state index is 11.7. The lowest BCUT2D eigenvalue weighted by Gasteiger charge is -2.00. The van der Waals surface area contributed by atoms with Gasteiger partial charge >= 0.3 is 5.97 Å². The van der Waals surface area contributed by atoms with E-state index in [9.17, 15) is 9.59 Å². The molecule has 110 valence electrons. The number of carbonyl (C=O) groups is 1. The molecule has 9 heteroatoms. The summed E-state index contributed by atoms with van der Waals surface area (Å²) < 4.78 is 5.85. The maximum atomic E-state index is 11.7. The van der Waals surface area contributed by atoms with E-state index in [1.165, 1.54) is 12.4 Å². The second-order valence-corrected chi connectivity index (χ2v) is 3.87. The number of ether oxygens (including phenoxy) is 1. The zero-order valence-electron chi connectivity index (χ0n) is 11.2. The Morgan fingerprint density at radius 3 is 2.81 bits per heavy atom. The predicted molar refractivity (Wildman–Crippen MR) is 74.8 cm³/mol. The van der Waals surface area contributed by atoms with Crippen molar-refractivity contribution in [2.45, 2.75) is 6.92 Å². The highest BCUT2D eigenvalue weighted by molar-refractivity contribution is 5.88. The van der Waals surface area contributed by atoms with Gasteiger partial charge in [-0.15, -0.1) is 0 Å². The van der Waals surface area contributed by atoms with Crippen molar-refractivity contribution in [3.05, 3.63) is 46.6 Å². The average Bonchev–Trinajstić information content (AvgIpc) is 3.11. The fourth-order valence-corrected chi connectivity index (χ4v) is 1.52. The Bertz CT molecular complexity index is 774. The minimum atomic E-state index is -0.642. The third-order valence-corrected chi connectivity index (χ3v) is 2.45. The number of aromatic nitrogens is 5. The molecule has 3 heterocycles. The Balaban J connectivity index is 0.000000225. The molecule has 0 fully saturated rings. The fourth-order valence-electron chi connectivity index (χ4n) is 1.52. The number of aromatic amines is 2. The van der Waals surface area contributed by atoms with E-state index >= 15 is 0 Å². The first-order chi connectivity index (χ1) is 10.1. The van der Waals surface area contributed by atoms with Gasteiger partial charge in [0.2, 0.25) is 0 Å². The molecule has 3 aromatic rings. The minimum Gasteiger partial charge on any atom is -0.462 e. The number of nitrogen functional groups attached to an aromatic ring is 1. The Hall–Kier alpha value is -3.10. The van der Waals surface area contributed by atoms with Crippen LogP contribution in [-0.2, 0) is 4.74 Å². The lowest BCUT2D eigenvalue weighted by molar-refractivity contribution is 0.0523. The van der Waals surface area contributed by atoms with Crippen LogP contribution in [0.4, 0.5) is 5.82 Å². The van der Waals surface area contributed by atoms with Gasteiger partial charge in [-0.2, -0.15) is 14.7 Å². The summed E-state index contributed by atoms with van der Waals surface area (Å²) in [4.78, 5) is 25.8. The first kappa shape index (κ1) is 14.3. The zero-order valence-corrected chi connectivity index (χ0v) is 11.2. The second kappa shape index (κ2) is 6.37. The number of nitrogens with zero attached hydrogens (tertiary/aromatic N) is 3. The molecule has 0 unspecified atom stereocenters. The second-order valence-electron chi connectivity index (χ2n) is 3.87. The van der Waals surface area contributed by atoms with Gasteiger partial charge in [-0.05, 0) is 13.0 Å². The van der Waals surface area contributed by atoms with Crippen LogP contribution in [-0.4, -0.2) is 37.4 Å². The number of carbonyl (C=O) groups excluding carboxylic acids is 1. The molecule has 0 bridgehead atoms. The molecule has 4 N–H and O–H groups in total. The van der Waals surface area contributed by atoms with E-state index < -0.39 is 11.5 Å². The molecule has 21 heavy (non-hydrogen) atoms. The van der Waals surface area contributed by atoms with E-state index in [4.69, 9.17) is 10.5 Å². The number of H-pyrrole nitrogens is 2. The Labute approximate surface area is 118 Å². The van der Waals surface area contributed by atoms with Crippen LogP contribution in [0.5, 0.6) is 0 Å². The molecule has 0 aromatic carbocycles. The molecule has 0 spiro atoms. The van der Waals surface area contributed by atoms with Gasteiger partial charge in [-0.25, -0.2) is 4.79 Å². The normalized spacial score (nSPS) is 9.95. The summed E-state index contributed by atoms with van der Waals surface area (Å²) in [7, 11) is 0. The minimum absolute atomic E-state index is 0.0481. The Kier molecular flexibility index (Phi) is 4.34. The van der Waals surface area contributed by atoms with Crippen molar-refractivity contribution in [3.8, 4) is 0 Å². The quantitative estimate of drug-likeness (QED) is 0.577. The summed E-state index contributed by atoms with van der Waals surface area (Å²) >= 11 is 0. The summed E-state index contributed by atoms with van der Waals surface area (Å²) in [5, 5.41) is 9.89. The number of hydrogen-bond acceptors (Lipinski definition) is 6. The fraction of sp³-hybridized carbons (Fsp3) is 0.167. The van der Waals surface area contributed by atoms with Gasteiger partial charge in [0.15, 0.2) is 0 Å². The topological polar surface area (TPSA) is 131 Å². The van der Waals surface area contributed by atoms with Gasteiger partial charge in [0.05, 0.1) is 19.0 Å². The van der Waals surface area contributed by atoms with E-state index in [0.717, 1.165) is 4.52 Å². The lowest BCUT2D eigenvalue weighted by atomic mass is 10.3. The number of nitrogens with one attached hydrogen (secondary N) is 2. The van der Waals surface area contributed by atoms with Gasteiger partial charge in [0.25, 0.3) is 5.56 Å². The van der Waals surface area contributed by atoms with Crippen molar-refractivity contribution >= 4 is 17.4 Å². The van der Waals surface area contributed by atoms with Crippen molar-refractivity contribution in [2.75, 3.05) is 12.3 Å². The van der Waals surface area contributed by atoms with E-state index in [1.54, 1.807) is 25.3 Å². The highest BCUT2D eigenvalue weighted by Crippen LogP contribution is 1.97. The molecule has 3 aromatic heterocycles. The van der Waals surface area contributed by atoms with Crippen LogP contribution in [0, 0.1) is 0 Å². The van der Waals surface area contributed by atoms with Crippen molar-refractivity contribution in [1.82, 2.24) is 24.8 Å². The zero-order chi connectivity index (χ0) is 15.2. The summed E-state index contributed by atoms with van der Waals surface area (Å²) in [5.74, 6) is -0.0360. The molecule has 0 aliphatic heterocycles. The first-order valence-electron chi connectivity index (χ1n) is 6.11. The van der Waals surface area contributed by atoms with E-state index in [2.05, 4.69) is 20.3 Å². The van der Waals surface area contributed by atoms with Gasteiger partial charge in [-0.3, -0.25) is 9.89 Å². The van der Waals surface area contributed by atoms with Crippen LogP contribution in [0.15, 0.2) is 35.5 Å². The number of esters is 1. The molecule has 9 nitrogen and oxygen atoms in total. The van der Waals surface area contributed by atoms with Crippen LogP contribution in [0.25, 0.3) is 5.65 Å². The van der Waals surface area contributed by atoms with Crippen molar-refractivity contribution in [1.29, 1.82) is 0 Å². The molecule has 0 amide bonds. The molecule has 0 aliphatic carbocycles. The Morgan fingerprint density at radius 1 is 1.43 bits per heavy atom. The smallest absolute Gasteiger partial charge is 0.345 e. The van der Waals surface area contributed by atoms with E-state index in [-0.39, 0.29) is 12.2 Å². The van der Waals surface area contributed by atoms with Crippen LogP contribution in [0.2, 0.25) is 0 Å². The summed E-state index contributed by atoms with van der Waals surface area (Å²) in [5.41, 5.74) is 5.17. The Morgan fingerprint density at radius 2 is 2.24 bits per heavy atom. The largest absolute Gasteiger partial charge is 0.462 e. The van der Waals surface area contributed by atoms with Crippen LogP contribution < -0.4 is 11.3 Å². The van der Waals surface area contributed by atoms with Crippen LogP contribution in [0.3, 0.4) is 0 Å².